The average molecular weight is 389 g/mol. The molecule has 29 heavy (non-hydrogen) atoms. The summed E-state index contributed by atoms with van der Waals surface area (Å²) < 4.78 is 11.5. The van der Waals surface area contributed by atoms with Crippen molar-refractivity contribution in [3.8, 4) is 11.5 Å². The molecule has 3 aromatic rings. The van der Waals surface area contributed by atoms with Crippen molar-refractivity contribution >= 4 is 0 Å². The van der Waals surface area contributed by atoms with Crippen molar-refractivity contribution in [1.82, 2.24) is 15.2 Å². The zero-order valence-corrected chi connectivity index (χ0v) is 16.8. The van der Waals surface area contributed by atoms with Gasteiger partial charge in [-0.05, 0) is 41.5 Å². The van der Waals surface area contributed by atoms with E-state index in [1.54, 1.807) is 19.5 Å². The number of hydrogen-bond acceptors (Lipinski definition) is 5. The van der Waals surface area contributed by atoms with E-state index in [9.17, 15) is 0 Å². The summed E-state index contributed by atoms with van der Waals surface area (Å²) in [6, 6.07) is 21.0. The maximum Gasteiger partial charge on any atom is 0.123 e. The number of nitrogens with one attached hydrogen (secondary N) is 1. The Labute approximate surface area is 172 Å². The van der Waals surface area contributed by atoms with E-state index in [2.05, 4.69) is 51.6 Å². The molecule has 1 atom stereocenters. The van der Waals surface area contributed by atoms with E-state index in [1.807, 2.05) is 24.3 Å². The van der Waals surface area contributed by atoms with Crippen molar-refractivity contribution in [2.75, 3.05) is 26.7 Å². The number of hydrogen-bond donors (Lipinski definition) is 1. The minimum absolute atomic E-state index is 0.294. The molecule has 1 N–H and O–H groups in total. The fourth-order valence-corrected chi connectivity index (χ4v) is 3.76. The van der Waals surface area contributed by atoms with Gasteiger partial charge in [0.2, 0.25) is 0 Å². The second kappa shape index (κ2) is 9.54. The van der Waals surface area contributed by atoms with Crippen molar-refractivity contribution < 1.29 is 9.47 Å². The molecule has 0 spiro atoms. The minimum atomic E-state index is 0.294. The third kappa shape index (κ3) is 4.94. The summed E-state index contributed by atoms with van der Waals surface area (Å²) in [4.78, 5) is 6.55. The fraction of sp³-hybridized carbons (Fsp3) is 0.292. The number of rotatable bonds is 7. The van der Waals surface area contributed by atoms with Crippen LogP contribution in [0.25, 0.3) is 0 Å². The van der Waals surface area contributed by atoms with Gasteiger partial charge in [0.1, 0.15) is 18.1 Å². The Morgan fingerprint density at radius 2 is 1.79 bits per heavy atom. The molecule has 4 rings (SSSR count). The Kier molecular flexibility index (Phi) is 6.39. The van der Waals surface area contributed by atoms with Crippen LogP contribution in [0.2, 0.25) is 0 Å². The number of ether oxygens (including phenoxy) is 2. The Bertz CT molecular complexity index is 900. The van der Waals surface area contributed by atoms with Crippen molar-refractivity contribution in [2.45, 2.75) is 19.2 Å². The van der Waals surface area contributed by atoms with Crippen LogP contribution < -0.4 is 14.8 Å². The topological polar surface area (TPSA) is 46.6 Å². The molecule has 0 radical (unpaired) electrons. The van der Waals surface area contributed by atoms with Gasteiger partial charge < -0.3 is 14.8 Å². The summed E-state index contributed by atoms with van der Waals surface area (Å²) >= 11 is 0. The molecule has 0 bridgehead atoms. The average Bonchev–Trinajstić information content (AvgIpc) is 2.80. The molecule has 1 fully saturated rings. The van der Waals surface area contributed by atoms with Crippen LogP contribution in [0, 0.1) is 0 Å². The fourth-order valence-electron chi connectivity index (χ4n) is 3.76. The molecule has 5 nitrogen and oxygen atoms in total. The van der Waals surface area contributed by atoms with Gasteiger partial charge in [-0.25, -0.2) is 0 Å². The van der Waals surface area contributed by atoms with Gasteiger partial charge in [0.05, 0.1) is 13.2 Å². The summed E-state index contributed by atoms with van der Waals surface area (Å²) in [7, 11) is 1.74. The van der Waals surface area contributed by atoms with E-state index in [0.717, 1.165) is 43.2 Å². The van der Waals surface area contributed by atoms with Gasteiger partial charge >= 0.3 is 0 Å². The molecule has 5 heteroatoms. The van der Waals surface area contributed by atoms with Crippen LogP contribution in [-0.2, 0) is 13.2 Å². The van der Waals surface area contributed by atoms with Gasteiger partial charge in [-0.1, -0.05) is 30.3 Å². The summed E-state index contributed by atoms with van der Waals surface area (Å²) in [6.45, 7) is 4.37. The van der Waals surface area contributed by atoms with Crippen LogP contribution in [0.1, 0.15) is 22.7 Å². The predicted octanol–water partition coefficient (Wildman–Crippen LogP) is 3.82. The maximum absolute atomic E-state index is 5.89. The molecule has 1 unspecified atom stereocenters. The molecule has 2 aromatic carbocycles. The number of benzene rings is 2. The third-order valence-electron chi connectivity index (χ3n) is 5.32. The van der Waals surface area contributed by atoms with Crippen LogP contribution in [0.5, 0.6) is 11.5 Å². The highest BCUT2D eigenvalue weighted by atomic mass is 16.5. The van der Waals surface area contributed by atoms with Gasteiger partial charge in [0, 0.05) is 44.1 Å². The number of piperazine rings is 1. The Balaban J connectivity index is 1.42. The van der Waals surface area contributed by atoms with Crippen molar-refractivity contribution in [3.05, 3.63) is 89.7 Å². The van der Waals surface area contributed by atoms with Gasteiger partial charge in [0.25, 0.3) is 0 Å². The van der Waals surface area contributed by atoms with Crippen LogP contribution in [0.3, 0.4) is 0 Å². The van der Waals surface area contributed by atoms with Crippen molar-refractivity contribution in [3.63, 3.8) is 0 Å². The second-order valence-corrected chi connectivity index (χ2v) is 7.22. The molecular formula is C24H27N3O2. The Morgan fingerprint density at radius 3 is 2.59 bits per heavy atom. The normalized spacial score (nSPS) is 17.1. The number of para-hydroxylation sites is 1. The van der Waals surface area contributed by atoms with Crippen LogP contribution in [0.4, 0.5) is 0 Å². The molecule has 1 aliphatic rings. The molecule has 1 aliphatic heterocycles. The van der Waals surface area contributed by atoms with E-state index in [-0.39, 0.29) is 0 Å². The molecule has 0 amide bonds. The van der Waals surface area contributed by atoms with Crippen LogP contribution >= 0.6 is 0 Å². The van der Waals surface area contributed by atoms with Gasteiger partial charge in [-0.2, -0.15) is 0 Å². The van der Waals surface area contributed by atoms with Crippen molar-refractivity contribution in [1.29, 1.82) is 0 Å². The first-order chi connectivity index (χ1) is 14.3. The number of aromatic nitrogens is 1. The molecule has 1 saturated heterocycles. The summed E-state index contributed by atoms with van der Waals surface area (Å²) in [5, 5.41) is 3.52. The molecule has 1 aromatic heterocycles. The quantitative estimate of drug-likeness (QED) is 0.666. The monoisotopic (exact) mass is 389 g/mol. The first-order valence-corrected chi connectivity index (χ1v) is 10.0. The van der Waals surface area contributed by atoms with E-state index < -0.39 is 0 Å². The molecule has 2 heterocycles. The summed E-state index contributed by atoms with van der Waals surface area (Å²) in [5.74, 6) is 1.83. The van der Waals surface area contributed by atoms with E-state index in [0.29, 0.717) is 12.6 Å². The first-order valence-electron chi connectivity index (χ1n) is 10.0. The lowest BCUT2D eigenvalue weighted by molar-refractivity contribution is 0.151. The van der Waals surface area contributed by atoms with Gasteiger partial charge in [-0.15, -0.1) is 0 Å². The standard InChI is InChI=1S/C24H27N3O2/c1-28-24-5-3-2-4-22(24)23-16-26-14-15-27(23)17-19-6-8-21(9-7-19)29-18-20-10-12-25-13-11-20/h2-13,23,26H,14-18H2,1H3. The maximum atomic E-state index is 5.89. The number of nitrogens with zero attached hydrogens (tertiary/aromatic N) is 2. The molecule has 0 aliphatic carbocycles. The molecule has 150 valence electrons. The highest BCUT2D eigenvalue weighted by Crippen LogP contribution is 2.31. The number of methoxy groups -OCH3 is 1. The predicted molar refractivity (Wildman–Crippen MR) is 114 cm³/mol. The lowest BCUT2D eigenvalue weighted by Gasteiger charge is -2.37. The lowest BCUT2D eigenvalue weighted by atomic mass is 10.0. The highest BCUT2D eigenvalue weighted by molar-refractivity contribution is 5.37. The summed E-state index contributed by atoms with van der Waals surface area (Å²) in [5.41, 5.74) is 3.63. The zero-order valence-electron chi connectivity index (χ0n) is 16.8. The minimum Gasteiger partial charge on any atom is -0.496 e. The van der Waals surface area contributed by atoms with Gasteiger partial charge in [0.15, 0.2) is 0 Å². The highest BCUT2D eigenvalue weighted by Gasteiger charge is 2.26. The van der Waals surface area contributed by atoms with E-state index >= 15 is 0 Å². The number of pyridine rings is 1. The largest absolute Gasteiger partial charge is 0.496 e. The first kappa shape index (κ1) is 19.4. The van der Waals surface area contributed by atoms with Gasteiger partial charge in [-0.3, -0.25) is 9.88 Å². The zero-order chi connectivity index (χ0) is 19.9. The molecule has 0 saturated carbocycles. The Hall–Kier alpha value is -2.89. The van der Waals surface area contributed by atoms with E-state index in [1.165, 1.54) is 11.1 Å². The molecular weight excluding hydrogens is 362 g/mol. The van der Waals surface area contributed by atoms with Crippen molar-refractivity contribution in [2.24, 2.45) is 0 Å². The second-order valence-electron chi connectivity index (χ2n) is 7.22. The summed E-state index contributed by atoms with van der Waals surface area (Å²) in [6.07, 6.45) is 3.57. The third-order valence-corrected chi connectivity index (χ3v) is 5.32. The lowest BCUT2D eigenvalue weighted by Crippen LogP contribution is -2.45. The van der Waals surface area contributed by atoms with Crippen LogP contribution in [-0.4, -0.2) is 36.6 Å². The van der Waals surface area contributed by atoms with E-state index in [4.69, 9.17) is 9.47 Å². The van der Waals surface area contributed by atoms with Crippen LogP contribution in [0.15, 0.2) is 73.1 Å². The Morgan fingerprint density at radius 1 is 1.00 bits per heavy atom. The SMILES string of the molecule is COc1ccccc1C1CNCCN1Cc1ccc(OCc2ccncc2)cc1. The smallest absolute Gasteiger partial charge is 0.123 e.